The number of nitrogens with zero attached hydrogens (tertiary/aromatic N) is 2. The molecule has 0 amide bonds. The number of carbonyl (C=O) groups is 1. The maximum Gasteiger partial charge on any atom is 0.311 e. The molecule has 1 fully saturated rings. The van der Waals surface area contributed by atoms with Crippen molar-refractivity contribution in [1.82, 2.24) is 9.97 Å². The van der Waals surface area contributed by atoms with Gasteiger partial charge in [0.25, 0.3) is 0 Å². The van der Waals surface area contributed by atoms with Gasteiger partial charge in [-0.2, -0.15) is 0 Å². The first-order valence-corrected chi connectivity index (χ1v) is 8.01. The van der Waals surface area contributed by atoms with E-state index in [0.717, 1.165) is 50.0 Å². The maximum atomic E-state index is 11.6. The molecule has 21 heavy (non-hydrogen) atoms. The molecule has 0 spiro atoms. The van der Waals surface area contributed by atoms with E-state index in [4.69, 9.17) is 0 Å². The van der Waals surface area contributed by atoms with Crippen LogP contribution in [0, 0.1) is 5.41 Å². The second-order valence-corrected chi connectivity index (χ2v) is 6.35. The third kappa shape index (κ3) is 2.87. The van der Waals surface area contributed by atoms with Crippen molar-refractivity contribution in [1.29, 1.82) is 0 Å². The van der Waals surface area contributed by atoms with E-state index in [0.29, 0.717) is 6.54 Å². The van der Waals surface area contributed by atoms with Crippen molar-refractivity contribution in [2.24, 2.45) is 5.41 Å². The summed E-state index contributed by atoms with van der Waals surface area (Å²) in [4.78, 5) is 20.4. The normalized spacial score (nSPS) is 20.6. The fraction of sp³-hybridized carbons (Fsp3) is 0.688. The highest BCUT2D eigenvalue weighted by Crippen LogP contribution is 2.38. The van der Waals surface area contributed by atoms with Crippen molar-refractivity contribution in [3.63, 3.8) is 0 Å². The van der Waals surface area contributed by atoms with Crippen LogP contribution < -0.4 is 5.32 Å². The van der Waals surface area contributed by atoms with E-state index >= 15 is 0 Å². The Labute approximate surface area is 125 Å². The van der Waals surface area contributed by atoms with Crippen LogP contribution >= 0.6 is 0 Å². The Bertz CT molecular complexity index is 524. The van der Waals surface area contributed by atoms with E-state index in [1.165, 1.54) is 24.8 Å². The lowest BCUT2D eigenvalue weighted by atomic mass is 9.86. The summed E-state index contributed by atoms with van der Waals surface area (Å²) in [5.74, 6) is 0.182. The van der Waals surface area contributed by atoms with Crippen molar-refractivity contribution in [2.75, 3.05) is 11.9 Å². The average Bonchev–Trinajstić information content (AvgIpc) is 2.84. The minimum absolute atomic E-state index is 0.478. The fourth-order valence-corrected chi connectivity index (χ4v) is 3.62. The van der Waals surface area contributed by atoms with E-state index in [2.05, 4.69) is 15.3 Å². The highest BCUT2D eigenvalue weighted by Gasteiger charge is 2.41. The molecule has 1 aromatic heterocycles. The number of aryl methyl sites for hydroxylation is 1. The molecule has 0 unspecified atom stereocenters. The zero-order chi connectivity index (χ0) is 14.7. The molecule has 0 saturated heterocycles. The first-order chi connectivity index (χ1) is 10.2. The molecule has 3 rings (SSSR count). The fourth-order valence-electron chi connectivity index (χ4n) is 3.62. The average molecular weight is 289 g/mol. The third-order valence-corrected chi connectivity index (χ3v) is 4.98. The third-order valence-electron chi connectivity index (χ3n) is 4.98. The van der Waals surface area contributed by atoms with Crippen molar-refractivity contribution in [3.05, 3.63) is 17.6 Å². The Morgan fingerprint density at radius 3 is 2.67 bits per heavy atom. The van der Waals surface area contributed by atoms with Crippen LogP contribution in [0.25, 0.3) is 0 Å². The van der Waals surface area contributed by atoms with Gasteiger partial charge in [0.1, 0.15) is 12.1 Å². The molecule has 2 aliphatic carbocycles. The maximum absolute atomic E-state index is 11.6. The first kappa shape index (κ1) is 14.3. The lowest BCUT2D eigenvalue weighted by Gasteiger charge is -2.25. The molecule has 1 aromatic rings. The number of nitrogens with one attached hydrogen (secondary N) is 1. The summed E-state index contributed by atoms with van der Waals surface area (Å²) in [6.45, 7) is 0.478. The summed E-state index contributed by atoms with van der Waals surface area (Å²) < 4.78 is 0. The van der Waals surface area contributed by atoms with Crippen LogP contribution in [0.2, 0.25) is 0 Å². The van der Waals surface area contributed by atoms with Gasteiger partial charge in [-0.25, -0.2) is 9.97 Å². The monoisotopic (exact) mass is 289 g/mol. The van der Waals surface area contributed by atoms with Gasteiger partial charge in [0.05, 0.1) is 5.41 Å². The van der Waals surface area contributed by atoms with Gasteiger partial charge in [0.2, 0.25) is 0 Å². The number of fused-ring (bicyclic) bond motifs is 1. The molecule has 1 saturated carbocycles. The molecular formula is C16H23N3O2. The highest BCUT2D eigenvalue weighted by atomic mass is 16.4. The Kier molecular flexibility index (Phi) is 4.08. The Morgan fingerprint density at radius 2 is 1.90 bits per heavy atom. The van der Waals surface area contributed by atoms with Gasteiger partial charge in [-0.15, -0.1) is 0 Å². The summed E-state index contributed by atoms with van der Waals surface area (Å²) in [7, 11) is 0. The van der Waals surface area contributed by atoms with Crippen LogP contribution in [0.4, 0.5) is 5.82 Å². The van der Waals surface area contributed by atoms with Gasteiger partial charge in [-0.1, -0.05) is 19.3 Å². The standard InChI is InChI=1S/C16H23N3O2/c20-15(21)16(8-4-5-9-16)10-17-14-12-6-2-1-3-7-13(12)18-11-19-14/h11H,1-10H2,(H,20,21)(H,17,18,19). The first-order valence-electron chi connectivity index (χ1n) is 8.01. The number of hydrogen-bond donors (Lipinski definition) is 2. The minimum Gasteiger partial charge on any atom is -0.481 e. The highest BCUT2D eigenvalue weighted by molar-refractivity contribution is 5.76. The van der Waals surface area contributed by atoms with Gasteiger partial charge in [-0.05, 0) is 38.5 Å². The smallest absolute Gasteiger partial charge is 0.311 e. The number of carboxylic acids is 1. The van der Waals surface area contributed by atoms with Crippen LogP contribution in [-0.2, 0) is 17.6 Å². The summed E-state index contributed by atoms with van der Waals surface area (Å²) in [6.07, 6.45) is 10.7. The molecule has 1 heterocycles. The van der Waals surface area contributed by atoms with Crippen molar-refractivity contribution < 1.29 is 9.90 Å². The second kappa shape index (κ2) is 6.00. The SMILES string of the molecule is O=C(O)C1(CNc2ncnc3c2CCCCC3)CCCC1. The zero-order valence-corrected chi connectivity index (χ0v) is 12.4. The molecule has 2 N–H and O–H groups in total. The zero-order valence-electron chi connectivity index (χ0n) is 12.4. The molecule has 0 aliphatic heterocycles. The largest absolute Gasteiger partial charge is 0.481 e. The van der Waals surface area contributed by atoms with E-state index in [9.17, 15) is 9.90 Å². The van der Waals surface area contributed by atoms with E-state index in [1.54, 1.807) is 6.33 Å². The molecule has 0 atom stereocenters. The minimum atomic E-state index is -0.673. The molecule has 0 radical (unpaired) electrons. The van der Waals surface area contributed by atoms with Gasteiger partial charge in [-0.3, -0.25) is 4.79 Å². The Hall–Kier alpha value is -1.65. The van der Waals surface area contributed by atoms with Gasteiger partial charge < -0.3 is 10.4 Å². The van der Waals surface area contributed by atoms with Crippen molar-refractivity contribution >= 4 is 11.8 Å². The van der Waals surface area contributed by atoms with Gasteiger partial charge in [0, 0.05) is 17.8 Å². The number of rotatable bonds is 4. The molecular weight excluding hydrogens is 266 g/mol. The predicted molar refractivity (Wildman–Crippen MR) is 80.3 cm³/mol. The molecule has 0 bridgehead atoms. The van der Waals surface area contributed by atoms with E-state index in [1.807, 2.05) is 0 Å². The topological polar surface area (TPSA) is 75.1 Å². The number of aromatic nitrogens is 2. The van der Waals surface area contributed by atoms with Crippen LogP contribution in [0.15, 0.2) is 6.33 Å². The number of anilines is 1. The Morgan fingerprint density at radius 1 is 1.14 bits per heavy atom. The van der Waals surface area contributed by atoms with Crippen molar-refractivity contribution in [3.8, 4) is 0 Å². The summed E-state index contributed by atoms with van der Waals surface area (Å²) in [5, 5.41) is 12.9. The van der Waals surface area contributed by atoms with Crippen LogP contribution in [0.5, 0.6) is 0 Å². The quantitative estimate of drug-likeness (QED) is 0.834. The van der Waals surface area contributed by atoms with Crippen molar-refractivity contribution in [2.45, 2.75) is 57.8 Å². The van der Waals surface area contributed by atoms with E-state index < -0.39 is 11.4 Å². The molecule has 5 nitrogen and oxygen atoms in total. The lowest BCUT2D eigenvalue weighted by Crippen LogP contribution is -2.35. The number of aliphatic carboxylic acids is 1. The van der Waals surface area contributed by atoms with Gasteiger partial charge >= 0.3 is 5.97 Å². The second-order valence-electron chi connectivity index (χ2n) is 6.35. The molecule has 0 aromatic carbocycles. The van der Waals surface area contributed by atoms with E-state index in [-0.39, 0.29) is 0 Å². The van der Waals surface area contributed by atoms with Gasteiger partial charge in [0.15, 0.2) is 0 Å². The van der Waals surface area contributed by atoms with Crippen LogP contribution in [0.1, 0.15) is 56.2 Å². The van der Waals surface area contributed by atoms with Crippen LogP contribution in [0.3, 0.4) is 0 Å². The molecule has 2 aliphatic rings. The number of carboxylic acid groups (broad SMARTS) is 1. The molecule has 114 valence electrons. The van der Waals surface area contributed by atoms with Crippen LogP contribution in [-0.4, -0.2) is 27.6 Å². The summed E-state index contributed by atoms with van der Waals surface area (Å²) in [6, 6.07) is 0. The predicted octanol–water partition coefficient (Wildman–Crippen LogP) is 2.80. The Balaban J connectivity index is 1.77. The number of hydrogen-bond acceptors (Lipinski definition) is 4. The summed E-state index contributed by atoms with van der Waals surface area (Å²) >= 11 is 0. The molecule has 5 heteroatoms. The summed E-state index contributed by atoms with van der Waals surface area (Å²) in [5.41, 5.74) is 1.73. The lowest BCUT2D eigenvalue weighted by molar-refractivity contribution is -0.147.